The number of thioether (sulfide) groups is 4. The molecular weight excluding hydrogens is 501 g/mol. The first-order chi connectivity index (χ1) is 14.6. The van der Waals surface area contributed by atoms with Gasteiger partial charge in [0.1, 0.15) is 3.14 Å². The lowest BCUT2D eigenvalue weighted by Gasteiger charge is -2.11. The Bertz CT molecular complexity index is 1480. The molecule has 0 bridgehead atoms. The van der Waals surface area contributed by atoms with Gasteiger partial charge in [-0.3, -0.25) is 0 Å². The molecule has 6 rings (SSSR count). The zero-order valence-corrected chi connectivity index (χ0v) is 21.7. The van der Waals surface area contributed by atoms with Crippen LogP contribution in [0.2, 0.25) is 0 Å². The summed E-state index contributed by atoms with van der Waals surface area (Å²) in [6.07, 6.45) is 0. The highest BCUT2D eigenvalue weighted by atomic mass is 32.2. The summed E-state index contributed by atoms with van der Waals surface area (Å²) in [5, 5.41) is 8.14. The van der Waals surface area contributed by atoms with Crippen LogP contribution in [-0.4, -0.2) is 0 Å². The summed E-state index contributed by atoms with van der Waals surface area (Å²) in [5.74, 6) is 0. The first kappa shape index (κ1) is 20.0. The lowest BCUT2D eigenvalue weighted by atomic mass is 9.99. The molecule has 2 aliphatic rings. The van der Waals surface area contributed by atoms with Crippen molar-refractivity contribution in [2.75, 3.05) is 0 Å². The first-order valence-corrected chi connectivity index (χ1v) is 14.6. The van der Waals surface area contributed by atoms with Gasteiger partial charge in [-0.2, -0.15) is 0 Å². The van der Waals surface area contributed by atoms with E-state index in [1.165, 1.54) is 58.7 Å². The van der Waals surface area contributed by atoms with Gasteiger partial charge in [0.15, 0.2) is 0 Å². The van der Waals surface area contributed by atoms with Crippen molar-refractivity contribution in [3.63, 3.8) is 0 Å². The zero-order chi connectivity index (χ0) is 20.4. The molecule has 148 valence electrons. The van der Waals surface area contributed by atoms with Gasteiger partial charge in [-0.1, -0.05) is 108 Å². The van der Waals surface area contributed by atoms with Crippen molar-refractivity contribution in [3.05, 3.63) is 71.9 Å². The molecule has 0 atom stereocenters. The normalized spacial score (nSPS) is 16.3. The van der Waals surface area contributed by atoms with Gasteiger partial charge in [0.2, 0.25) is 0 Å². The van der Waals surface area contributed by atoms with E-state index in [1.54, 1.807) is 22.7 Å². The molecule has 30 heavy (non-hydrogen) atoms. The summed E-state index contributed by atoms with van der Waals surface area (Å²) in [6.45, 7) is 4.46. The third kappa shape index (κ3) is 3.17. The van der Waals surface area contributed by atoms with Crippen molar-refractivity contribution in [1.82, 2.24) is 0 Å². The largest absolute Gasteiger partial charge is 0.145 e. The van der Waals surface area contributed by atoms with Crippen molar-refractivity contribution in [2.24, 2.45) is 0 Å². The highest BCUT2D eigenvalue weighted by Gasteiger charge is 2.24. The van der Waals surface area contributed by atoms with Crippen LogP contribution >= 0.6 is 81.9 Å². The van der Waals surface area contributed by atoms with Gasteiger partial charge in [0.05, 0.1) is 16.9 Å². The fourth-order valence-electron chi connectivity index (χ4n) is 3.78. The van der Waals surface area contributed by atoms with E-state index in [-0.39, 0.29) is 0 Å². The molecular formula is C23H14S7. The van der Waals surface area contributed by atoms with Gasteiger partial charge >= 0.3 is 0 Å². The van der Waals surface area contributed by atoms with E-state index in [2.05, 4.69) is 62.4 Å². The second-order valence-corrected chi connectivity index (χ2v) is 15.7. The van der Waals surface area contributed by atoms with E-state index in [4.69, 9.17) is 12.2 Å². The highest BCUT2D eigenvalue weighted by Crippen LogP contribution is 2.57. The summed E-state index contributed by atoms with van der Waals surface area (Å²) in [6, 6.07) is 17.9. The maximum Gasteiger partial charge on any atom is 0.145 e. The number of allylic oxidation sites excluding steroid dienone is 2. The third-order valence-corrected chi connectivity index (χ3v) is 13.5. The predicted octanol–water partition coefficient (Wildman–Crippen LogP) is 8.61. The number of hydrogen-bond acceptors (Lipinski definition) is 7. The van der Waals surface area contributed by atoms with E-state index in [0.717, 1.165) is 3.14 Å². The van der Waals surface area contributed by atoms with E-state index in [9.17, 15) is 0 Å². The van der Waals surface area contributed by atoms with Crippen LogP contribution in [0, 0.1) is 3.14 Å². The molecule has 0 nitrogen and oxygen atoms in total. The Morgan fingerprint density at radius 1 is 0.567 bits per heavy atom. The molecule has 7 heteroatoms. The van der Waals surface area contributed by atoms with E-state index < -0.39 is 0 Å². The topological polar surface area (TPSA) is 0 Å². The quantitative estimate of drug-likeness (QED) is 0.170. The Hall–Kier alpha value is -0.670. The molecule has 2 aliphatic heterocycles. The minimum atomic E-state index is 1.02. The molecule has 0 fully saturated rings. The third-order valence-electron chi connectivity index (χ3n) is 5.22. The average Bonchev–Trinajstić information content (AvgIpc) is 3.38. The van der Waals surface area contributed by atoms with Crippen LogP contribution in [0.3, 0.4) is 0 Å². The van der Waals surface area contributed by atoms with Crippen LogP contribution < -0.4 is 10.4 Å². The molecule has 0 aliphatic carbocycles. The van der Waals surface area contributed by atoms with Crippen LogP contribution in [-0.2, 0) is 0 Å². The summed E-state index contributed by atoms with van der Waals surface area (Å²) in [5.41, 5.74) is 0. The van der Waals surface area contributed by atoms with Crippen LogP contribution in [0.1, 0.15) is 13.8 Å². The van der Waals surface area contributed by atoms with Gasteiger partial charge in [0, 0.05) is 10.4 Å². The standard InChI is InChI=1S/C23H14S7/c1-11-12(2)26-19(25-11)17-13-7-3-5-9-15(13)18(16-10-6-4-8-14(16)17)20-27-21-22(28-20)30-23(24)29-21/h3-10H,1-2H3. The van der Waals surface area contributed by atoms with Gasteiger partial charge in [-0.05, 0) is 45.2 Å². The van der Waals surface area contributed by atoms with E-state index >= 15 is 0 Å². The van der Waals surface area contributed by atoms with Gasteiger partial charge in [-0.25, -0.2) is 0 Å². The van der Waals surface area contributed by atoms with Crippen molar-refractivity contribution in [1.29, 1.82) is 0 Å². The number of benzene rings is 3. The van der Waals surface area contributed by atoms with Crippen molar-refractivity contribution >= 4 is 112 Å². The Morgan fingerprint density at radius 3 is 1.33 bits per heavy atom. The lowest BCUT2D eigenvalue weighted by Crippen LogP contribution is -2.16. The van der Waals surface area contributed by atoms with Gasteiger partial charge in [-0.15, -0.1) is 22.7 Å². The maximum atomic E-state index is 5.42. The monoisotopic (exact) mass is 514 g/mol. The molecule has 0 saturated carbocycles. The number of fused-ring (bicyclic) bond motifs is 3. The molecule has 0 saturated heterocycles. The first-order valence-electron chi connectivity index (χ1n) is 9.31. The van der Waals surface area contributed by atoms with Crippen LogP contribution in [0.4, 0.5) is 0 Å². The minimum absolute atomic E-state index is 1.02. The van der Waals surface area contributed by atoms with Crippen molar-refractivity contribution < 1.29 is 0 Å². The summed E-state index contributed by atoms with van der Waals surface area (Å²) in [4.78, 5) is 2.82. The second kappa shape index (κ2) is 7.73. The second-order valence-electron chi connectivity index (χ2n) is 6.97. The Balaban J connectivity index is 1.78. The smallest absolute Gasteiger partial charge is 0.105 e. The molecule has 0 amide bonds. The summed E-state index contributed by atoms with van der Waals surface area (Å²) < 4.78 is 6.51. The Labute approximate surface area is 204 Å². The van der Waals surface area contributed by atoms with Crippen LogP contribution in [0.25, 0.3) is 30.0 Å². The summed E-state index contributed by atoms with van der Waals surface area (Å²) in [7, 11) is 0. The van der Waals surface area contributed by atoms with Crippen LogP contribution in [0.15, 0.2) is 66.8 Å². The Kier molecular flexibility index (Phi) is 5.14. The maximum absolute atomic E-state index is 5.42. The molecule has 0 spiro atoms. The molecule has 3 heterocycles. The van der Waals surface area contributed by atoms with Gasteiger partial charge in [0.25, 0.3) is 0 Å². The molecule has 0 unspecified atom stereocenters. The van der Waals surface area contributed by atoms with Crippen LogP contribution in [0.5, 0.6) is 0 Å². The minimum Gasteiger partial charge on any atom is -0.105 e. The average molecular weight is 515 g/mol. The van der Waals surface area contributed by atoms with E-state index in [0.29, 0.717) is 0 Å². The molecule has 0 radical (unpaired) electrons. The molecule has 4 aromatic rings. The molecule has 3 aromatic carbocycles. The zero-order valence-electron chi connectivity index (χ0n) is 16.0. The van der Waals surface area contributed by atoms with Gasteiger partial charge < -0.3 is 0 Å². The fraction of sp³-hybridized carbons (Fsp3) is 0.0870. The van der Waals surface area contributed by atoms with E-state index in [1.807, 2.05) is 47.0 Å². The SMILES string of the molecule is CC1=C(C)SC(=c2c3ccccc3c(=C3Sc4sc(=S)sc4S3)c3ccccc23)S1. The number of rotatable bonds is 0. The lowest BCUT2D eigenvalue weighted by molar-refractivity contribution is 1.56. The van der Waals surface area contributed by atoms with Crippen molar-refractivity contribution in [2.45, 2.75) is 22.3 Å². The van der Waals surface area contributed by atoms with Crippen molar-refractivity contribution in [3.8, 4) is 0 Å². The molecule has 0 N–H and O–H groups in total. The molecule has 1 aromatic heterocycles. The highest BCUT2D eigenvalue weighted by molar-refractivity contribution is 8.35. The Morgan fingerprint density at radius 2 is 0.933 bits per heavy atom. The summed E-state index contributed by atoms with van der Waals surface area (Å²) >= 11 is 16.5. The number of hydrogen-bond donors (Lipinski definition) is 0. The predicted molar refractivity (Wildman–Crippen MR) is 146 cm³/mol. The fourth-order valence-corrected chi connectivity index (χ4v) is 13.2.